The van der Waals surface area contributed by atoms with Crippen molar-refractivity contribution in [2.45, 2.75) is 0 Å². The van der Waals surface area contributed by atoms with Gasteiger partial charge in [0.15, 0.2) is 0 Å². The average Bonchev–Trinajstić information content (AvgIpc) is 2.72. The molecule has 0 saturated carbocycles. The zero-order valence-electron chi connectivity index (χ0n) is 11.7. The highest BCUT2D eigenvalue weighted by Gasteiger charge is 2.29. The van der Waals surface area contributed by atoms with Crippen molar-refractivity contribution in [3.05, 3.63) is 63.6 Å². The summed E-state index contributed by atoms with van der Waals surface area (Å²) in [5.41, 5.74) is 3.34. The van der Waals surface area contributed by atoms with Gasteiger partial charge in [-0.3, -0.25) is 4.79 Å². The number of anilines is 1. The fourth-order valence-electron chi connectivity index (χ4n) is 2.45. The lowest BCUT2D eigenvalue weighted by molar-refractivity contribution is -0.112. The molecule has 0 aromatic heterocycles. The van der Waals surface area contributed by atoms with E-state index in [0.717, 1.165) is 21.3 Å². The van der Waals surface area contributed by atoms with Crippen molar-refractivity contribution < 1.29 is 14.7 Å². The van der Waals surface area contributed by atoms with Crippen LogP contribution in [0.15, 0.2) is 46.9 Å². The van der Waals surface area contributed by atoms with E-state index in [-0.39, 0.29) is 11.5 Å². The van der Waals surface area contributed by atoms with Crippen molar-refractivity contribution in [2.24, 2.45) is 0 Å². The third-order valence-electron chi connectivity index (χ3n) is 3.61. The monoisotopic (exact) mass is 357 g/mol. The van der Waals surface area contributed by atoms with Crippen LogP contribution in [0.25, 0.3) is 11.6 Å². The number of benzene rings is 2. The summed E-state index contributed by atoms with van der Waals surface area (Å²) in [4.78, 5) is 24.9. The molecule has 0 saturated heterocycles. The molecular weight excluding hydrogens is 346 g/mol. The fourth-order valence-corrected chi connectivity index (χ4v) is 2.81. The van der Waals surface area contributed by atoms with E-state index < -0.39 is 5.97 Å². The summed E-state index contributed by atoms with van der Waals surface area (Å²) in [7, 11) is 1.74. The number of carbonyl (C=O) groups excluding carboxylic acids is 1. The van der Waals surface area contributed by atoms with Gasteiger partial charge in [0.25, 0.3) is 5.91 Å². The van der Waals surface area contributed by atoms with Crippen LogP contribution >= 0.6 is 15.9 Å². The van der Waals surface area contributed by atoms with Crippen LogP contribution in [-0.2, 0) is 4.79 Å². The quantitative estimate of drug-likeness (QED) is 0.834. The van der Waals surface area contributed by atoms with Crippen LogP contribution in [0.5, 0.6) is 0 Å². The van der Waals surface area contributed by atoms with Gasteiger partial charge in [-0.25, -0.2) is 4.79 Å². The SMILES string of the molecule is CN1C(=O)/C(=C/c2ccc(C(=O)O)cc2)c2cc(Br)ccc21. The predicted molar refractivity (Wildman–Crippen MR) is 88.8 cm³/mol. The highest BCUT2D eigenvalue weighted by Crippen LogP contribution is 2.38. The number of carboxylic acid groups (broad SMARTS) is 1. The Morgan fingerprint density at radius 2 is 1.86 bits per heavy atom. The van der Waals surface area contributed by atoms with Crippen molar-refractivity contribution in [1.29, 1.82) is 0 Å². The van der Waals surface area contributed by atoms with E-state index in [1.807, 2.05) is 18.2 Å². The lowest BCUT2D eigenvalue weighted by Crippen LogP contribution is -2.20. The summed E-state index contributed by atoms with van der Waals surface area (Å²) in [6, 6.07) is 12.1. The third kappa shape index (κ3) is 2.44. The second-order valence-corrected chi connectivity index (χ2v) is 5.93. The molecule has 1 aliphatic rings. The Kier molecular flexibility index (Phi) is 3.58. The van der Waals surface area contributed by atoms with Gasteiger partial charge in [0.2, 0.25) is 0 Å². The van der Waals surface area contributed by atoms with Gasteiger partial charge in [0, 0.05) is 22.7 Å². The van der Waals surface area contributed by atoms with E-state index in [0.29, 0.717) is 5.57 Å². The lowest BCUT2D eigenvalue weighted by Gasteiger charge is -2.08. The van der Waals surface area contributed by atoms with E-state index >= 15 is 0 Å². The largest absolute Gasteiger partial charge is 0.478 e. The molecule has 1 N–H and O–H groups in total. The Labute approximate surface area is 135 Å². The van der Waals surface area contributed by atoms with Crippen molar-refractivity contribution in [2.75, 3.05) is 11.9 Å². The average molecular weight is 358 g/mol. The molecule has 2 aromatic carbocycles. The third-order valence-corrected chi connectivity index (χ3v) is 4.11. The lowest BCUT2D eigenvalue weighted by atomic mass is 10.0. The molecule has 1 amide bonds. The molecule has 0 spiro atoms. The van der Waals surface area contributed by atoms with Crippen LogP contribution in [0.2, 0.25) is 0 Å². The molecular formula is C17H12BrNO3. The Bertz CT molecular complexity index is 809. The molecule has 0 atom stereocenters. The summed E-state index contributed by atoms with van der Waals surface area (Å²) in [5.74, 6) is -1.04. The van der Waals surface area contributed by atoms with Gasteiger partial charge in [-0.2, -0.15) is 0 Å². The predicted octanol–water partition coefficient (Wildman–Crippen LogP) is 3.66. The van der Waals surface area contributed by atoms with Crippen molar-refractivity contribution in [3.8, 4) is 0 Å². The summed E-state index contributed by atoms with van der Waals surface area (Å²) in [6.45, 7) is 0. The Morgan fingerprint density at radius 3 is 2.50 bits per heavy atom. The van der Waals surface area contributed by atoms with Crippen LogP contribution in [-0.4, -0.2) is 24.0 Å². The Hall–Kier alpha value is -2.40. The maximum atomic E-state index is 12.4. The smallest absolute Gasteiger partial charge is 0.335 e. The van der Waals surface area contributed by atoms with Crippen LogP contribution in [0.1, 0.15) is 21.5 Å². The zero-order valence-corrected chi connectivity index (χ0v) is 13.3. The molecule has 0 fully saturated rings. The van der Waals surface area contributed by atoms with Crippen molar-refractivity contribution in [3.63, 3.8) is 0 Å². The normalized spacial score (nSPS) is 15.3. The number of carboxylic acids is 1. The maximum Gasteiger partial charge on any atom is 0.335 e. The first-order valence-corrected chi connectivity index (χ1v) is 7.40. The molecule has 22 heavy (non-hydrogen) atoms. The molecule has 4 nitrogen and oxygen atoms in total. The topological polar surface area (TPSA) is 57.6 Å². The minimum Gasteiger partial charge on any atom is -0.478 e. The maximum absolute atomic E-state index is 12.4. The molecule has 0 unspecified atom stereocenters. The molecule has 0 radical (unpaired) electrons. The number of carbonyl (C=O) groups is 2. The van der Waals surface area contributed by atoms with Gasteiger partial charge in [0.1, 0.15) is 0 Å². The van der Waals surface area contributed by atoms with Crippen LogP contribution < -0.4 is 4.90 Å². The van der Waals surface area contributed by atoms with Crippen LogP contribution in [0.4, 0.5) is 5.69 Å². The van der Waals surface area contributed by atoms with Crippen molar-refractivity contribution >= 4 is 45.1 Å². The number of hydrogen-bond donors (Lipinski definition) is 1. The number of nitrogens with zero attached hydrogens (tertiary/aromatic N) is 1. The van der Waals surface area contributed by atoms with Gasteiger partial charge >= 0.3 is 5.97 Å². The van der Waals surface area contributed by atoms with Crippen molar-refractivity contribution in [1.82, 2.24) is 0 Å². The number of aromatic carboxylic acids is 1. The molecule has 110 valence electrons. The summed E-state index contributed by atoms with van der Waals surface area (Å²) in [5, 5.41) is 8.92. The van der Waals surface area contributed by atoms with E-state index in [9.17, 15) is 9.59 Å². The molecule has 0 aliphatic carbocycles. The van der Waals surface area contributed by atoms with E-state index in [2.05, 4.69) is 15.9 Å². The number of rotatable bonds is 2. The zero-order chi connectivity index (χ0) is 15.9. The number of likely N-dealkylation sites (N-methyl/N-ethyl adjacent to an activating group) is 1. The Balaban J connectivity index is 2.06. The summed E-state index contributed by atoms with van der Waals surface area (Å²) in [6.07, 6.45) is 1.78. The van der Waals surface area contributed by atoms with Gasteiger partial charge < -0.3 is 10.0 Å². The molecule has 3 rings (SSSR count). The second-order valence-electron chi connectivity index (χ2n) is 5.01. The number of halogens is 1. The molecule has 2 aromatic rings. The van der Waals surface area contributed by atoms with E-state index in [1.54, 1.807) is 30.2 Å². The standard InChI is InChI=1S/C17H12BrNO3/c1-19-15-7-6-12(18)9-13(15)14(16(19)20)8-10-2-4-11(5-3-10)17(21)22/h2-9H,1H3,(H,21,22)/b14-8+. The fraction of sp³-hybridized carbons (Fsp3) is 0.0588. The van der Waals surface area contributed by atoms with Crippen LogP contribution in [0, 0.1) is 0 Å². The second kappa shape index (κ2) is 5.42. The first kappa shape index (κ1) is 14.5. The highest BCUT2D eigenvalue weighted by molar-refractivity contribution is 9.10. The minimum atomic E-state index is -0.967. The van der Waals surface area contributed by atoms with E-state index in [1.165, 1.54) is 12.1 Å². The van der Waals surface area contributed by atoms with Gasteiger partial charge in [0.05, 0.1) is 11.3 Å². The molecule has 0 bridgehead atoms. The van der Waals surface area contributed by atoms with Gasteiger partial charge in [-0.15, -0.1) is 0 Å². The first-order chi connectivity index (χ1) is 10.5. The summed E-state index contributed by atoms with van der Waals surface area (Å²) < 4.78 is 0.904. The Morgan fingerprint density at radius 1 is 1.18 bits per heavy atom. The van der Waals surface area contributed by atoms with Gasteiger partial charge in [-0.05, 0) is 42.0 Å². The summed E-state index contributed by atoms with van der Waals surface area (Å²) >= 11 is 3.42. The number of amides is 1. The highest BCUT2D eigenvalue weighted by atomic mass is 79.9. The first-order valence-electron chi connectivity index (χ1n) is 6.60. The molecule has 1 aliphatic heterocycles. The number of fused-ring (bicyclic) bond motifs is 1. The van der Waals surface area contributed by atoms with Crippen LogP contribution in [0.3, 0.4) is 0 Å². The molecule has 1 heterocycles. The minimum absolute atomic E-state index is 0.0737. The molecule has 5 heteroatoms. The number of hydrogen-bond acceptors (Lipinski definition) is 2. The van der Waals surface area contributed by atoms with Gasteiger partial charge in [-0.1, -0.05) is 28.1 Å². The van der Waals surface area contributed by atoms with E-state index in [4.69, 9.17) is 5.11 Å².